The third-order valence-electron chi connectivity index (χ3n) is 3.60. The second-order valence-corrected chi connectivity index (χ2v) is 5.17. The lowest BCUT2D eigenvalue weighted by molar-refractivity contribution is -0.135. The first-order chi connectivity index (χ1) is 10.1. The Balaban J connectivity index is 2.59. The predicted molar refractivity (Wildman–Crippen MR) is 84.9 cm³/mol. The van der Waals surface area contributed by atoms with Crippen LogP contribution in [0.1, 0.15) is 40.0 Å². The van der Waals surface area contributed by atoms with E-state index >= 15 is 0 Å². The minimum atomic E-state index is 0.0422. The second kappa shape index (κ2) is 9.27. The molecule has 0 aliphatic rings. The van der Waals surface area contributed by atoms with Crippen molar-refractivity contribution in [1.29, 1.82) is 0 Å². The van der Waals surface area contributed by atoms with Crippen LogP contribution in [0.3, 0.4) is 0 Å². The van der Waals surface area contributed by atoms with Crippen molar-refractivity contribution in [3.05, 3.63) is 24.3 Å². The molecule has 0 heterocycles. The standard InChI is InChI=1S/C17H27NO3/c1-5-7-11-18(14(3)6-2)17(19)13-21-16-10-8-9-15(12-16)20-4/h8-10,12,14H,5-7,11,13H2,1-4H3. The van der Waals surface area contributed by atoms with Crippen molar-refractivity contribution in [2.75, 3.05) is 20.3 Å². The lowest BCUT2D eigenvalue weighted by atomic mass is 10.2. The predicted octanol–water partition coefficient (Wildman–Crippen LogP) is 3.50. The van der Waals surface area contributed by atoms with Gasteiger partial charge < -0.3 is 14.4 Å². The number of amides is 1. The topological polar surface area (TPSA) is 38.8 Å². The summed E-state index contributed by atoms with van der Waals surface area (Å²) >= 11 is 0. The number of methoxy groups -OCH3 is 1. The molecule has 0 bridgehead atoms. The van der Waals surface area contributed by atoms with E-state index in [2.05, 4.69) is 20.8 Å². The summed E-state index contributed by atoms with van der Waals surface area (Å²) in [6.07, 6.45) is 3.06. The molecule has 1 rings (SSSR count). The van der Waals surface area contributed by atoms with Crippen molar-refractivity contribution in [2.24, 2.45) is 0 Å². The van der Waals surface area contributed by atoms with E-state index in [9.17, 15) is 4.79 Å². The fraction of sp³-hybridized carbons (Fsp3) is 0.588. The SMILES string of the molecule is CCCCN(C(=O)COc1cccc(OC)c1)C(C)CC. The number of carbonyl (C=O) groups excluding carboxylic acids is 1. The molecule has 118 valence electrons. The first-order valence-corrected chi connectivity index (χ1v) is 7.68. The summed E-state index contributed by atoms with van der Waals surface area (Å²) in [5.41, 5.74) is 0. The number of nitrogens with zero attached hydrogens (tertiary/aromatic N) is 1. The molecule has 1 unspecified atom stereocenters. The summed E-state index contributed by atoms with van der Waals surface area (Å²) in [7, 11) is 1.61. The molecule has 4 nitrogen and oxygen atoms in total. The van der Waals surface area contributed by atoms with Crippen molar-refractivity contribution in [2.45, 2.75) is 46.1 Å². The van der Waals surface area contributed by atoms with Gasteiger partial charge in [-0.15, -0.1) is 0 Å². The van der Waals surface area contributed by atoms with Crippen LogP contribution in [-0.4, -0.2) is 37.1 Å². The normalized spacial score (nSPS) is 11.8. The molecule has 4 heteroatoms. The zero-order chi connectivity index (χ0) is 15.7. The van der Waals surface area contributed by atoms with Crippen LogP contribution in [-0.2, 0) is 4.79 Å². The smallest absolute Gasteiger partial charge is 0.260 e. The molecule has 1 aromatic rings. The van der Waals surface area contributed by atoms with Crippen LogP contribution in [0, 0.1) is 0 Å². The average Bonchev–Trinajstić information content (AvgIpc) is 2.53. The number of carbonyl (C=O) groups is 1. The maximum absolute atomic E-state index is 12.3. The third kappa shape index (κ3) is 5.66. The van der Waals surface area contributed by atoms with Gasteiger partial charge in [-0.3, -0.25) is 4.79 Å². The highest BCUT2D eigenvalue weighted by molar-refractivity contribution is 5.78. The lowest BCUT2D eigenvalue weighted by Gasteiger charge is -2.28. The number of rotatable bonds is 9. The Labute approximate surface area is 128 Å². The van der Waals surface area contributed by atoms with Gasteiger partial charge in [0.1, 0.15) is 11.5 Å². The van der Waals surface area contributed by atoms with Crippen molar-refractivity contribution < 1.29 is 14.3 Å². The summed E-state index contributed by atoms with van der Waals surface area (Å²) < 4.78 is 10.7. The minimum Gasteiger partial charge on any atom is -0.497 e. The summed E-state index contributed by atoms with van der Waals surface area (Å²) in [5.74, 6) is 1.42. The molecule has 0 spiro atoms. The van der Waals surface area contributed by atoms with E-state index in [0.29, 0.717) is 5.75 Å². The second-order valence-electron chi connectivity index (χ2n) is 5.17. The minimum absolute atomic E-state index is 0.0422. The molecular weight excluding hydrogens is 266 g/mol. The van der Waals surface area contributed by atoms with Crippen molar-refractivity contribution in [3.63, 3.8) is 0 Å². The van der Waals surface area contributed by atoms with Crippen LogP contribution in [0.25, 0.3) is 0 Å². The molecule has 0 fully saturated rings. The number of benzene rings is 1. The van der Waals surface area contributed by atoms with E-state index < -0.39 is 0 Å². The fourth-order valence-electron chi connectivity index (χ4n) is 2.06. The van der Waals surface area contributed by atoms with Gasteiger partial charge in [-0.25, -0.2) is 0 Å². The van der Waals surface area contributed by atoms with Gasteiger partial charge in [-0.2, -0.15) is 0 Å². The maximum atomic E-state index is 12.3. The van der Waals surface area contributed by atoms with Gasteiger partial charge in [0.25, 0.3) is 5.91 Å². The van der Waals surface area contributed by atoms with Gasteiger partial charge in [0, 0.05) is 18.7 Å². The van der Waals surface area contributed by atoms with E-state index in [1.807, 2.05) is 23.1 Å². The van der Waals surface area contributed by atoms with Crippen LogP contribution in [0.15, 0.2) is 24.3 Å². The number of hydrogen-bond donors (Lipinski definition) is 0. The van der Waals surface area contributed by atoms with Crippen molar-refractivity contribution in [3.8, 4) is 11.5 Å². The van der Waals surface area contributed by atoms with Crippen LogP contribution in [0.2, 0.25) is 0 Å². The molecule has 1 atom stereocenters. The number of ether oxygens (including phenoxy) is 2. The Bertz CT molecular complexity index is 434. The van der Waals surface area contributed by atoms with Gasteiger partial charge in [-0.1, -0.05) is 26.3 Å². The van der Waals surface area contributed by atoms with Gasteiger partial charge in [0.2, 0.25) is 0 Å². The molecule has 0 radical (unpaired) electrons. The first-order valence-electron chi connectivity index (χ1n) is 7.68. The largest absolute Gasteiger partial charge is 0.497 e. The Morgan fingerprint density at radius 2 is 2.00 bits per heavy atom. The Morgan fingerprint density at radius 3 is 2.62 bits per heavy atom. The first kappa shape index (κ1) is 17.3. The fourth-order valence-corrected chi connectivity index (χ4v) is 2.06. The third-order valence-corrected chi connectivity index (χ3v) is 3.60. The quantitative estimate of drug-likeness (QED) is 0.699. The van der Waals surface area contributed by atoms with Gasteiger partial charge in [0.15, 0.2) is 6.61 Å². The van der Waals surface area contributed by atoms with E-state index in [4.69, 9.17) is 9.47 Å². The van der Waals surface area contributed by atoms with Crippen LogP contribution in [0.5, 0.6) is 11.5 Å². The number of hydrogen-bond acceptors (Lipinski definition) is 3. The van der Waals surface area contributed by atoms with Crippen molar-refractivity contribution in [1.82, 2.24) is 4.90 Å². The molecule has 21 heavy (non-hydrogen) atoms. The molecule has 0 aromatic heterocycles. The van der Waals surface area contributed by atoms with E-state index in [0.717, 1.165) is 31.6 Å². The van der Waals surface area contributed by atoms with Crippen LogP contribution in [0.4, 0.5) is 0 Å². The molecule has 1 amide bonds. The van der Waals surface area contributed by atoms with E-state index in [-0.39, 0.29) is 18.6 Å². The van der Waals surface area contributed by atoms with Crippen LogP contribution >= 0.6 is 0 Å². The van der Waals surface area contributed by atoms with Crippen molar-refractivity contribution >= 4 is 5.91 Å². The summed E-state index contributed by atoms with van der Waals surface area (Å²) in [6, 6.07) is 7.56. The number of unbranched alkanes of at least 4 members (excludes halogenated alkanes) is 1. The molecular formula is C17H27NO3. The van der Waals surface area contributed by atoms with E-state index in [1.54, 1.807) is 13.2 Å². The van der Waals surface area contributed by atoms with Gasteiger partial charge in [0.05, 0.1) is 7.11 Å². The molecule has 0 saturated carbocycles. The molecule has 0 N–H and O–H groups in total. The molecule has 1 aromatic carbocycles. The monoisotopic (exact) mass is 293 g/mol. The molecule has 0 saturated heterocycles. The summed E-state index contributed by atoms with van der Waals surface area (Å²) in [5, 5.41) is 0. The maximum Gasteiger partial charge on any atom is 0.260 e. The highest BCUT2D eigenvalue weighted by Crippen LogP contribution is 2.19. The lowest BCUT2D eigenvalue weighted by Crippen LogP contribution is -2.41. The highest BCUT2D eigenvalue weighted by Gasteiger charge is 2.18. The van der Waals surface area contributed by atoms with E-state index in [1.165, 1.54) is 0 Å². The van der Waals surface area contributed by atoms with Crippen LogP contribution < -0.4 is 9.47 Å². The van der Waals surface area contributed by atoms with Gasteiger partial charge in [-0.05, 0) is 31.9 Å². The van der Waals surface area contributed by atoms with Gasteiger partial charge >= 0.3 is 0 Å². The zero-order valence-electron chi connectivity index (χ0n) is 13.6. The molecule has 0 aliphatic heterocycles. The Kier molecular flexibility index (Phi) is 7.65. The highest BCUT2D eigenvalue weighted by atomic mass is 16.5. The Morgan fingerprint density at radius 1 is 1.29 bits per heavy atom. The average molecular weight is 293 g/mol. The molecule has 0 aliphatic carbocycles. The summed E-state index contributed by atoms with van der Waals surface area (Å²) in [6.45, 7) is 7.18. The zero-order valence-corrected chi connectivity index (χ0v) is 13.6. The Hall–Kier alpha value is -1.71. The summed E-state index contributed by atoms with van der Waals surface area (Å²) in [4.78, 5) is 14.3.